The fourth-order valence-corrected chi connectivity index (χ4v) is 3.13. The van der Waals surface area contributed by atoms with E-state index in [1.807, 2.05) is 64.6 Å². The van der Waals surface area contributed by atoms with Crippen LogP contribution in [0.1, 0.15) is 0 Å². The van der Waals surface area contributed by atoms with Gasteiger partial charge >= 0.3 is 7.32 Å². The number of hydrogen-bond acceptors (Lipinski definition) is 5. The van der Waals surface area contributed by atoms with E-state index in [2.05, 4.69) is 38.7 Å². The van der Waals surface area contributed by atoms with Crippen molar-refractivity contribution in [2.75, 3.05) is 38.0 Å². The number of halogens is 7. The SMILES string of the molecule is CN(C)c1ccccc1.CN(C)c1ccccc1.OB(O)Oc1c(F)c(F)c(F)c2c(F)c(F)c(F)c(F)c12. The first-order valence-corrected chi connectivity index (χ1v) is 11.1. The van der Waals surface area contributed by atoms with Gasteiger partial charge in [-0.15, -0.1) is 0 Å². The van der Waals surface area contributed by atoms with Gasteiger partial charge in [0.25, 0.3) is 0 Å². The van der Waals surface area contributed by atoms with Gasteiger partial charge in [0.1, 0.15) is 0 Å². The maximum Gasteiger partial charge on any atom is 0.707 e. The largest absolute Gasteiger partial charge is 0.707 e. The van der Waals surface area contributed by atoms with Gasteiger partial charge in [-0.1, -0.05) is 36.4 Å². The number of para-hydroxylation sites is 2. The summed E-state index contributed by atoms with van der Waals surface area (Å²) in [4.78, 5) is 4.17. The van der Waals surface area contributed by atoms with Crippen LogP contribution in [0.15, 0.2) is 60.7 Å². The second-order valence-corrected chi connectivity index (χ2v) is 8.18. The summed E-state index contributed by atoms with van der Waals surface area (Å²) in [5, 5.41) is 13.6. The van der Waals surface area contributed by atoms with Crippen LogP contribution < -0.4 is 14.5 Å². The van der Waals surface area contributed by atoms with Gasteiger partial charge < -0.3 is 24.5 Å². The van der Waals surface area contributed by atoms with E-state index < -0.39 is 64.6 Å². The average Bonchev–Trinajstić information content (AvgIpc) is 2.92. The molecule has 13 heteroatoms. The topological polar surface area (TPSA) is 56.2 Å². The lowest BCUT2D eigenvalue weighted by molar-refractivity contribution is 0.279. The molecule has 4 rings (SSSR count). The molecule has 0 saturated carbocycles. The molecular formula is C26H24BF7N2O3. The van der Waals surface area contributed by atoms with Gasteiger partial charge in [0.15, 0.2) is 40.7 Å². The third kappa shape index (κ3) is 7.55. The molecule has 0 saturated heterocycles. The summed E-state index contributed by atoms with van der Waals surface area (Å²) in [6.07, 6.45) is 0. The lowest BCUT2D eigenvalue weighted by Gasteiger charge is -2.13. The molecule has 0 aliphatic rings. The van der Waals surface area contributed by atoms with Gasteiger partial charge in [0.2, 0.25) is 5.82 Å². The Hall–Kier alpha value is -3.97. The smallest absolute Gasteiger partial charge is 0.509 e. The molecule has 0 aromatic heterocycles. The molecule has 5 nitrogen and oxygen atoms in total. The predicted octanol–water partition coefficient (Wildman–Crippen LogP) is 5.67. The average molecular weight is 556 g/mol. The fraction of sp³-hybridized carbons (Fsp3) is 0.154. The van der Waals surface area contributed by atoms with E-state index >= 15 is 0 Å². The quantitative estimate of drug-likeness (QED) is 0.147. The summed E-state index contributed by atoms with van der Waals surface area (Å²) in [6, 6.07) is 20.5. The van der Waals surface area contributed by atoms with Crippen molar-refractivity contribution < 1.29 is 45.4 Å². The molecule has 0 radical (unpaired) electrons. The van der Waals surface area contributed by atoms with Crippen LogP contribution in [0.2, 0.25) is 0 Å². The van der Waals surface area contributed by atoms with Crippen molar-refractivity contribution >= 4 is 29.5 Å². The van der Waals surface area contributed by atoms with Crippen LogP contribution in [0.4, 0.5) is 42.1 Å². The fourth-order valence-electron chi connectivity index (χ4n) is 3.13. The molecule has 0 heterocycles. The summed E-state index contributed by atoms with van der Waals surface area (Å²) < 4.78 is 97.1. The van der Waals surface area contributed by atoms with Crippen molar-refractivity contribution in [3.05, 3.63) is 101 Å². The van der Waals surface area contributed by atoms with E-state index in [1.54, 1.807) is 0 Å². The van der Waals surface area contributed by atoms with E-state index in [0.29, 0.717) is 0 Å². The van der Waals surface area contributed by atoms with Gasteiger partial charge in [-0.2, -0.15) is 4.39 Å². The van der Waals surface area contributed by atoms with Crippen molar-refractivity contribution in [2.45, 2.75) is 0 Å². The number of anilines is 2. The van der Waals surface area contributed by atoms with Crippen LogP contribution in [0, 0.1) is 40.7 Å². The number of fused-ring (bicyclic) bond motifs is 1. The van der Waals surface area contributed by atoms with Crippen LogP contribution in [0.25, 0.3) is 10.8 Å². The molecule has 0 fully saturated rings. The van der Waals surface area contributed by atoms with Crippen LogP contribution in [-0.2, 0) is 0 Å². The normalized spacial score (nSPS) is 10.2. The highest BCUT2D eigenvalue weighted by atomic mass is 19.2. The lowest BCUT2D eigenvalue weighted by atomic mass is 10.0. The zero-order chi connectivity index (χ0) is 29.4. The Bertz CT molecular complexity index is 1340. The predicted molar refractivity (Wildman–Crippen MR) is 136 cm³/mol. The minimum absolute atomic E-state index is 1.25. The highest BCUT2D eigenvalue weighted by Crippen LogP contribution is 2.38. The molecule has 0 spiro atoms. The highest BCUT2D eigenvalue weighted by Gasteiger charge is 2.32. The van der Waals surface area contributed by atoms with Crippen LogP contribution in [0.3, 0.4) is 0 Å². The van der Waals surface area contributed by atoms with E-state index in [9.17, 15) is 30.7 Å². The van der Waals surface area contributed by atoms with Crippen molar-refractivity contribution in [2.24, 2.45) is 0 Å². The third-order valence-electron chi connectivity index (χ3n) is 5.07. The molecule has 2 N–H and O–H groups in total. The molecule has 4 aromatic rings. The number of benzene rings is 4. The third-order valence-corrected chi connectivity index (χ3v) is 5.07. The Labute approximate surface area is 220 Å². The summed E-state index contributed by atoms with van der Waals surface area (Å²) >= 11 is 0. The summed E-state index contributed by atoms with van der Waals surface area (Å²) in [5.74, 6) is -18.3. The van der Waals surface area contributed by atoms with Gasteiger partial charge in [-0.3, -0.25) is 0 Å². The van der Waals surface area contributed by atoms with Crippen LogP contribution >= 0.6 is 0 Å². The molecule has 0 amide bonds. The minimum Gasteiger partial charge on any atom is -0.509 e. The number of hydrogen-bond donors (Lipinski definition) is 2. The van der Waals surface area contributed by atoms with Gasteiger partial charge in [-0.25, -0.2) is 26.3 Å². The molecule has 208 valence electrons. The second kappa shape index (κ2) is 13.7. The molecule has 0 atom stereocenters. The summed E-state index contributed by atoms with van der Waals surface area (Å²) in [7, 11) is 5.30. The maximum atomic E-state index is 13.6. The standard InChI is InChI=1S/C10H2BF7O3.2C8H11N/c12-3-1-2(5(14)7(16)6(3)15)10(21-11(19)20)9(18)8(17)4(1)13;2*1-9(2)8-6-4-3-5-7-8/h19-20H;2*3-7H,1-2H3. The first kappa shape index (κ1) is 31.3. The minimum atomic E-state index is -2.84. The van der Waals surface area contributed by atoms with Gasteiger partial charge in [0, 0.05) is 39.6 Å². The van der Waals surface area contributed by atoms with Crippen LogP contribution in [0.5, 0.6) is 5.75 Å². The Morgan fingerprint density at radius 1 is 0.513 bits per heavy atom. The van der Waals surface area contributed by atoms with Crippen molar-refractivity contribution in [1.82, 2.24) is 0 Å². The van der Waals surface area contributed by atoms with Gasteiger partial charge in [-0.05, 0) is 24.3 Å². The first-order valence-electron chi connectivity index (χ1n) is 11.1. The molecule has 4 aromatic carbocycles. The van der Waals surface area contributed by atoms with Crippen molar-refractivity contribution in [3.8, 4) is 5.75 Å². The molecule has 0 bridgehead atoms. The van der Waals surface area contributed by atoms with E-state index in [4.69, 9.17) is 10.0 Å². The van der Waals surface area contributed by atoms with Crippen molar-refractivity contribution in [3.63, 3.8) is 0 Å². The Morgan fingerprint density at radius 3 is 1.15 bits per heavy atom. The Balaban J connectivity index is 0.000000243. The van der Waals surface area contributed by atoms with Crippen molar-refractivity contribution in [1.29, 1.82) is 0 Å². The molecular weight excluding hydrogens is 532 g/mol. The molecule has 0 aliphatic carbocycles. The molecule has 0 unspecified atom stereocenters. The summed E-state index contributed by atoms with van der Waals surface area (Å²) in [6.45, 7) is 0. The van der Waals surface area contributed by atoms with E-state index in [-0.39, 0.29) is 0 Å². The molecule has 39 heavy (non-hydrogen) atoms. The Morgan fingerprint density at radius 2 is 0.846 bits per heavy atom. The first-order chi connectivity index (χ1) is 18.3. The summed E-state index contributed by atoms with van der Waals surface area (Å²) in [5.41, 5.74) is 2.50. The second-order valence-electron chi connectivity index (χ2n) is 8.18. The van der Waals surface area contributed by atoms with Gasteiger partial charge in [0.05, 0.1) is 10.8 Å². The van der Waals surface area contributed by atoms with E-state index in [1.165, 1.54) is 11.4 Å². The maximum absolute atomic E-state index is 13.6. The zero-order valence-electron chi connectivity index (χ0n) is 21.2. The highest BCUT2D eigenvalue weighted by molar-refractivity contribution is 6.34. The monoisotopic (exact) mass is 556 g/mol. The Kier molecular flexibility index (Phi) is 11.0. The lowest BCUT2D eigenvalue weighted by Crippen LogP contribution is -2.22. The van der Waals surface area contributed by atoms with E-state index in [0.717, 1.165) is 0 Å². The number of nitrogens with zero attached hydrogens (tertiary/aromatic N) is 2. The number of rotatable bonds is 4. The zero-order valence-corrected chi connectivity index (χ0v) is 21.2. The van der Waals surface area contributed by atoms with Crippen LogP contribution in [-0.4, -0.2) is 45.6 Å². The molecule has 0 aliphatic heterocycles.